The molecular weight excluding hydrogens is 217 g/mol. The second-order valence-corrected chi connectivity index (χ2v) is 4.46. The standard InChI is InChI=1S/C11H11F3N2/c1-10(2,3)7-5-8(11(12,13)14)16-9(6-7)15-4/h5-6H,1-3H3. The molecule has 0 aliphatic rings. The number of nitrogens with zero attached hydrogens (tertiary/aromatic N) is 2. The van der Waals surface area contributed by atoms with Crippen molar-refractivity contribution in [3.8, 4) is 0 Å². The van der Waals surface area contributed by atoms with Gasteiger partial charge in [-0.25, -0.2) is 0 Å². The van der Waals surface area contributed by atoms with Crippen LogP contribution in [0, 0.1) is 6.57 Å². The van der Waals surface area contributed by atoms with E-state index in [2.05, 4.69) is 9.83 Å². The van der Waals surface area contributed by atoms with Crippen LogP contribution in [0.25, 0.3) is 4.85 Å². The quantitative estimate of drug-likeness (QED) is 0.614. The molecule has 0 atom stereocenters. The highest BCUT2D eigenvalue weighted by atomic mass is 19.4. The molecule has 86 valence electrons. The number of pyridine rings is 1. The van der Waals surface area contributed by atoms with Crippen molar-refractivity contribution in [1.82, 2.24) is 4.98 Å². The van der Waals surface area contributed by atoms with E-state index < -0.39 is 17.3 Å². The largest absolute Gasteiger partial charge is 0.456 e. The van der Waals surface area contributed by atoms with Gasteiger partial charge in [0.25, 0.3) is 5.82 Å². The Balaban J connectivity index is 3.41. The van der Waals surface area contributed by atoms with Crippen LogP contribution < -0.4 is 0 Å². The highest BCUT2D eigenvalue weighted by Gasteiger charge is 2.37. The van der Waals surface area contributed by atoms with Gasteiger partial charge in [-0.3, -0.25) is 0 Å². The second kappa shape index (κ2) is 3.78. The fourth-order valence-electron chi connectivity index (χ4n) is 1.15. The Morgan fingerprint density at radius 3 is 2.12 bits per heavy atom. The number of aromatic nitrogens is 1. The summed E-state index contributed by atoms with van der Waals surface area (Å²) in [5.41, 5.74) is -0.991. The molecule has 0 aliphatic carbocycles. The summed E-state index contributed by atoms with van der Waals surface area (Å²) in [6.07, 6.45) is -4.51. The Bertz CT molecular complexity index is 404. The average molecular weight is 228 g/mol. The van der Waals surface area contributed by atoms with Crippen molar-refractivity contribution in [1.29, 1.82) is 0 Å². The highest BCUT2D eigenvalue weighted by Crippen LogP contribution is 2.33. The Labute approximate surface area is 91.9 Å². The van der Waals surface area contributed by atoms with Crippen molar-refractivity contribution in [3.05, 3.63) is 34.8 Å². The van der Waals surface area contributed by atoms with E-state index in [0.717, 1.165) is 6.07 Å². The second-order valence-electron chi connectivity index (χ2n) is 4.46. The Morgan fingerprint density at radius 2 is 1.75 bits per heavy atom. The minimum Gasteiger partial charge on any atom is -0.361 e. The van der Waals surface area contributed by atoms with Crippen molar-refractivity contribution in [2.75, 3.05) is 0 Å². The molecule has 1 rings (SSSR count). The lowest BCUT2D eigenvalue weighted by Crippen LogP contribution is -2.15. The summed E-state index contributed by atoms with van der Waals surface area (Å²) in [6.45, 7) is 12.1. The van der Waals surface area contributed by atoms with Gasteiger partial charge < -0.3 is 4.85 Å². The first kappa shape index (κ1) is 12.5. The topological polar surface area (TPSA) is 17.2 Å². The summed E-state index contributed by atoms with van der Waals surface area (Å²) in [7, 11) is 0. The summed E-state index contributed by atoms with van der Waals surface area (Å²) in [6, 6.07) is 2.39. The van der Waals surface area contributed by atoms with Gasteiger partial charge in [0.1, 0.15) is 0 Å². The van der Waals surface area contributed by atoms with Gasteiger partial charge in [0.15, 0.2) is 0 Å². The first-order chi connectivity index (χ1) is 7.14. The lowest BCUT2D eigenvalue weighted by Gasteiger charge is -2.19. The van der Waals surface area contributed by atoms with E-state index >= 15 is 0 Å². The van der Waals surface area contributed by atoms with Crippen LogP contribution in [0.1, 0.15) is 32.0 Å². The van der Waals surface area contributed by atoms with Crippen molar-refractivity contribution in [2.24, 2.45) is 0 Å². The zero-order valence-electron chi connectivity index (χ0n) is 9.18. The van der Waals surface area contributed by atoms with Crippen LogP contribution in [0.15, 0.2) is 12.1 Å². The van der Waals surface area contributed by atoms with Crippen molar-refractivity contribution in [3.63, 3.8) is 0 Å². The Hall–Kier alpha value is -1.57. The normalized spacial score (nSPS) is 12.3. The Morgan fingerprint density at radius 1 is 1.19 bits per heavy atom. The molecule has 0 aromatic carbocycles. The molecule has 0 spiro atoms. The van der Waals surface area contributed by atoms with Crippen molar-refractivity contribution >= 4 is 5.82 Å². The van der Waals surface area contributed by atoms with E-state index in [0.29, 0.717) is 5.56 Å². The molecule has 0 N–H and O–H groups in total. The van der Waals surface area contributed by atoms with Gasteiger partial charge in [-0.2, -0.15) is 13.2 Å². The van der Waals surface area contributed by atoms with Crippen LogP contribution in [0.3, 0.4) is 0 Å². The van der Waals surface area contributed by atoms with Gasteiger partial charge in [-0.05, 0) is 23.1 Å². The monoisotopic (exact) mass is 228 g/mol. The third-order valence-corrected chi connectivity index (χ3v) is 2.08. The third-order valence-electron chi connectivity index (χ3n) is 2.08. The number of alkyl halides is 3. The molecule has 1 aromatic rings. The molecule has 0 unspecified atom stereocenters. The molecule has 1 aromatic heterocycles. The zero-order chi connectivity index (χ0) is 12.6. The van der Waals surface area contributed by atoms with E-state index in [-0.39, 0.29) is 5.82 Å². The zero-order valence-corrected chi connectivity index (χ0v) is 9.18. The highest BCUT2D eigenvalue weighted by molar-refractivity contribution is 5.43. The lowest BCUT2D eigenvalue weighted by molar-refractivity contribution is -0.141. The van der Waals surface area contributed by atoms with Gasteiger partial charge in [0.2, 0.25) is 5.69 Å². The van der Waals surface area contributed by atoms with Crippen LogP contribution in [-0.4, -0.2) is 4.98 Å². The number of hydrogen-bond acceptors (Lipinski definition) is 1. The van der Waals surface area contributed by atoms with Crippen LogP contribution in [0.5, 0.6) is 0 Å². The van der Waals surface area contributed by atoms with Crippen molar-refractivity contribution in [2.45, 2.75) is 32.4 Å². The molecule has 0 amide bonds. The van der Waals surface area contributed by atoms with E-state index in [9.17, 15) is 13.2 Å². The first-order valence-corrected chi connectivity index (χ1v) is 4.62. The summed E-state index contributed by atoms with van der Waals surface area (Å²) < 4.78 is 37.5. The minimum atomic E-state index is -4.51. The smallest absolute Gasteiger partial charge is 0.361 e. The fourth-order valence-corrected chi connectivity index (χ4v) is 1.15. The third kappa shape index (κ3) is 2.72. The predicted octanol–water partition coefficient (Wildman–Crippen LogP) is 3.95. The molecule has 0 fully saturated rings. The molecule has 0 bridgehead atoms. The molecule has 5 heteroatoms. The molecule has 0 aliphatic heterocycles. The average Bonchev–Trinajstić information content (AvgIpc) is 2.14. The maximum absolute atomic E-state index is 12.5. The maximum atomic E-state index is 12.5. The SMILES string of the molecule is [C-]#[N+]c1cc(C(C)(C)C)cc(C(F)(F)F)n1. The van der Waals surface area contributed by atoms with Crippen LogP contribution in [0.4, 0.5) is 19.0 Å². The van der Waals surface area contributed by atoms with Crippen LogP contribution in [-0.2, 0) is 11.6 Å². The Kier molecular flexibility index (Phi) is 2.95. The summed E-state index contributed by atoms with van der Waals surface area (Å²) in [5, 5.41) is 0. The maximum Gasteiger partial charge on any atom is 0.456 e. The number of rotatable bonds is 0. The summed E-state index contributed by atoms with van der Waals surface area (Å²) in [5.74, 6) is -0.222. The van der Waals surface area contributed by atoms with E-state index in [4.69, 9.17) is 6.57 Å². The molecule has 16 heavy (non-hydrogen) atoms. The van der Waals surface area contributed by atoms with Crippen LogP contribution in [0.2, 0.25) is 0 Å². The van der Waals surface area contributed by atoms with Gasteiger partial charge in [0.05, 0.1) is 0 Å². The number of hydrogen-bond donors (Lipinski definition) is 0. The summed E-state index contributed by atoms with van der Waals surface area (Å²) >= 11 is 0. The molecule has 1 heterocycles. The predicted molar refractivity (Wildman–Crippen MR) is 54.2 cm³/mol. The first-order valence-electron chi connectivity index (χ1n) is 4.62. The number of halogens is 3. The van der Waals surface area contributed by atoms with Gasteiger partial charge in [0, 0.05) is 0 Å². The molecular formula is C11H11F3N2. The molecule has 0 saturated carbocycles. The molecule has 2 nitrogen and oxygen atoms in total. The van der Waals surface area contributed by atoms with E-state index in [1.165, 1.54) is 6.07 Å². The van der Waals surface area contributed by atoms with Gasteiger partial charge >= 0.3 is 6.18 Å². The lowest BCUT2D eigenvalue weighted by atomic mass is 9.87. The van der Waals surface area contributed by atoms with E-state index in [1.807, 2.05) is 0 Å². The van der Waals surface area contributed by atoms with Crippen molar-refractivity contribution < 1.29 is 13.2 Å². The fraction of sp³-hybridized carbons (Fsp3) is 0.455. The van der Waals surface area contributed by atoms with E-state index in [1.54, 1.807) is 20.8 Å². The molecule has 0 saturated heterocycles. The van der Waals surface area contributed by atoms with Gasteiger partial charge in [-0.15, -0.1) is 4.98 Å². The van der Waals surface area contributed by atoms with Crippen LogP contribution >= 0.6 is 0 Å². The summed E-state index contributed by atoms with van der Waals surface area (Å²) in [4.78, 5) is 6.22. The van der Waals surface area contributed by atoms with Gasteiger partial charge in [-0.1, -0.05) is 27.3 Å². The minimum absolute atomic E-state index is 0.222. The molecule has 0 radical (unpaired) electrons.